The first-order valence-electron chi connectivity index (χ1n) is 5.55. The Morgan fingerprint density at radius 1 is 1.43 bits per heavy atom. The van der Waals surface area contributed by atoms with E-state index in [1.54, 1.807) is 0 Å². The van der Waals surface area contributed by atoms with E-state index in [0.717, 1.165) is 25.7 Å². The smallest absolute Gasteiger partial charge is 0.309 e. The van der Waals surface area contributed by atoms with Gasteiger partial charge in [0, 0.05) is 0 Å². The van der Waals surface area contributed by atoms with Crippen molar-refractivity contribution in [2.75, 3.05) is 0 Å². The van der Waals surface area contributed by atoms with Crippen molar-refractivity contribution < 1.29 is 9.90 Å². The van der Waals surface area contributed by atoms with Gasteiger partial charge in [0.25, 0.3) is 0 Å². The van der Waals surface area contributed by atoms with Crippen LogP contribution in [0.3, 0.4) is 0 Å². The molecule has 1 N–H and O–H groups in total. The molecular weight excluding hydrogens is 176 g/mol. The third kappa shape index (κ3) is 2.10. The molecule has 0 heterocycles. The first kappa shape index (κ1) is 11.5. The Morgan fingerprint density at radius 3 is 2.36 bits per heavy atom. The Morgan fingerprint density at radius 2 is 2.00 bits per heavy atom. The molecule has 0 aromatic heterocycles. The minimum absolute atomic E-state index is 0.187. The van der Waals surface area contributed by atoms with Crippen LogP contribution in [0.25, 0.3) is 0 Å². The predicted octanol–water partition coefficient (Wildman–Crippen LogP) is 3.31. The Balaban J connectivity index is 2.92. The van der Waals surface area contributed by atoms with Gasteiger partial charge in [-0.3, -0.25) is 4.79 Å². The molecule has 0 amide bonds. The summed E-state index contributed by atoms with van der Waals surface area (Å²) in [5, 5.41) is 9.34. The lowest BCUT2D eigenvalue weighted by atomic mass is 9.59. The van der Waals surface area contributed by atoms with E-state index in [1.807, 2.05) is 6.92 Å². The molecule has 82 valence electrons. The highest BCUT2D eigenvalue weighted by atomic mass is 16.4. The molecule has 1 fully saturated rings. The molecular formula is C12H22O2. The maximum absolute atomic E-state index is 11.3. The average molecular weight is 198 g/mol. The highest BCUT2D eigenvalue weighted by molar-refractivity contribution is 5.74. The molecule has 0 bridgehead atoms. The van der Waals surface area contributed by atoms with Crippen LogP contribution in [0.2, 0.25) is 0 Å². The molecule has 0 aliphatic heterocycles. The van der Waals surface area contributed by atoms with Crippen molar-refractivity contribution in [3.8, 4) is 0 Å². The average Bonchev–Trinajstić information content (AvgIpc) is 2.00. The molecule has 0 radical (unpaired) electrons. The van der Waals surface area contributed by atoms with Gasteiger partial charge in [0.05, 0.1) is 5.41 Å². The monoisotopic (exact) mass is 198 g/mol. The Hall–Kier alpha value is -0.530. The Kier molecular flexibility index (Phi) is 2.93. The maximum atomic E-state index is 11.3. The van der Waals surface area contributed by atoms with E-state index < -0.39 is 11.4 Å². The summed E-state index contributed by atoms with van der Waals surface area (Å²) in [6.07, 6.45) is 3.59. The van der Waals surface area contributed by atoms with E-state index in [0.29, 0.717) is 5.92 Å². The first-order chi connectivity index (χ1) is 6.31. The molecule has 1 saturated carbocycles. The molecule has 2 unspecified atom stereocenters. The number of carboxylic acid groups (broad SMARTS) is 1. The van der Waals surface area contributed by atoms with E-state index in [2.05, 4.69) is 20.8 Å². The summed E-state index contributed by atoms with van der Waals surface area (Å²) in [5.74, 6) is -0.0607. The lowest BCUT2D eigenvalue weighted by molar-refractivity contribution is -0.155. The zero-order valence-corrected chi connectivity index (χ0v) is 9.76. The van der Waals surface area contributed by atoms with Crippen LogP contribution in [-0.2, 0) is 4.79 Å². The third-order valence-electron chi connectivity index (χ3n) is 3.59. The van der Waals surface area contributed by atoms with Crippen LogP contribution in [-0.4, -0.2) is 11.1 Å². The van der Waals surface area contributed by atoms with Crippen LogP contribution in [0, 0.1) is 16.7 Å². The fraction of sp³-hybridized carbons (Fsp3) is 0.917. The number of rotatable bonds is 2. The molecule has 1 aliphatic carbocycles. The van der Waals surface area contributed by atoms with E-state index in [1.165, 1.54) is 0 Å². The van der Waals surface area contributed by atoms with Crippen LogP contribution >= 0.6 is 0 Å². The third-order valence-corrected chi connectivity index (χ3v) is 3.59. The van der Waals surface area contributed by atoms with Crippen LogP contribution in [0.5, 0.6) is 0 Å². The summed E-state index contributed by atoms with van der Waals surface area (Å²) in [6, 6.07) is 0. The van der Waals surface area contributed by atoms with Gasteiger partial charge in [-0.1, -0.05) is 27.7 Å². The van der Waals surface area contributed by atoms with Crippen molar-refractivity contribution in [3.63, 3.8) is 0 Å². The van der Waals surface area contributed by atoms with Gasteiger partial charge in [-0.15, -0.1) is 0 Å². The summed E-state index contributed by atoms with van der Waals surface area (Å²) in [7, 11) is 0. The van der Waals surface area contributed by atoms with Gasteiger partial charge in [-0.2, -0.15) is 0 Å². The fourth-order valence-corrected chi connectivity index (χ4v) is 3.33. The van der Waals surface area contributed by atoms with Gasteiger partial charge in [0.1, 0.15) is 0 Å². The summed E-state index contributed by atoms with van der Waals surface area (Å²) in [5.41, 5.74) is -0.271. The largest absolute Gasteiger partial charge is 0.481 e. The van der Waals surface area contributed by atoms with Crippen molar-refractivity contribution in [2.45, 2.75) is 53.4 Å². The van der Waals surface area contributed by atoms with Gasteiger partial charge in [0.15, 0.2) is 0 Å². The van der Waals surface area contributed by atoms with Crippen molar-refractivity contribution in [1.29, 1.82) is 0 Å². The Labute approximate surface area is 86.7 Å². The predicted molar refractivity (Wildman–Crippen MR) is 57.2 cm³/mol. The normalized spacial score (nSPS) is 36.7. The highest BCUT2D eigenvalue weighted by Crippen LogP contribution is 2.50. The Bertz CT molecular complexity index is 232. The molecule has 0 spiro atoms. The molecule has 14 heavy (non-hydrogen) atoms. The van der Waals surface area contributed by atoms with Crippen LogP contribution in [0.4, 0.5) is 0 Å². The molecule has 0 saturated heterocycles. The van der Waals surface area contributed by atoms with Crippen LogP contribution in [0.15, 0.2) is 0 Å². The van der Waals surface area contributed by atoms with Crippen LogP contribution < -0.4 is 0 Å². The minimum atomic E-state index is -0.598. The zero-order chi connectivity index (χ0) is 11.0. The van der Waals surface area contributed by atoms with Crippen molar-refractivity contribution in [2.24, 2.45) is 16.7 Å². The van der Waals surface area contributed by atoms with E-state index in [-0.39, 0.29) is 5.41 Å². The summed E-state index contributed by atoms with van der Waals surface area (Å²) < 4.78 is 0. The molecule has 1 rings (SSSR count). The topological polar surface area (TPSA) is 37.3 Å². The van der Waals surface area contributed by atoms with E-state index >= 15 is 0 Å². The van der Waals surface area contributed by atoms with Gasteiger partial charge >= 0.3 is 5.97 Å². The van der Waals surface area contributed by atoms with Crippen molar-refractivity contribution in [1.82, 2.24) is 0 Å². The molecule has 0 aromatic carbocycles. The van der Waals surface area contributed by atoms with Crippen molar-refractivity contribution >= 4 is 5.97 Å². The van der Waals surface area contributed by atoms with Gasteiger partial charge < -0.3 is 5.11 Å². The summed E-state index contributed by atoms with van der Waals surface area (Å²) >= 11 is 0. The lowest BCUT2D eigenvalue weighted by Gasteiger charge is -2.44. The van der Waals surface area contributed by atoms with Gasteiger partial charge in [0.2, 0.25) is 0 Å². The molecule has 1 aliphatic rings. The second-order valence-corrected chi connectivity index (χ2v) is 5.79. The standard InChI is InChI=1S/C12H22O2/c1-5-12(10(13)14)7-9(2)6-11(3,4)8-12/h9H,5-8H2,1-4H3,(H,13,14). The fourth-order valence-electron chi connectivity index (χ4n) is 3.33. The quantitative estimate of drug-likeness (QED) is 0.739. The van der Waals surface area contributed by atoms with Crippen molar-refractivity contribution in [3.05, 3.63) is 0 Å². The molecule has 2 atom stereocenters. The van der Waals surface area contributed by atoms with E-state index in [4.69, 9.17) is 0 Å². The SMILES string of the molecule is CCC1(C(=O)O)CC(C)CC(C)(C)C1. The number of hydrogen-bond donors (Lipinski definition) is 1. The minimum Gasteiger partial charge on any atom is -0.481 e. The maximum Gasteiger partial charge on any atom is 0.309 e. The molecule has 2 heteroatoms. The number of hydrogen-bond acceptors (Lipinski definition) is 1. The lowest BCUT2D eigenvalue weighted by Crippen LogP contribution is -2.41. The zero-order valence-electron chi connectivity index (χ0n) is 9.76. The second-order valence-electron chi connectivity index (χ2n) is 5.79. The van der Waals surface area contributed by atoms with Gasteiger partial charge in [-0.25, -0.2) is 0 Å². The molecule has 2 nitrogen and oxygen atoms in total. The number of carbonyl (C=O) groups is 1. The number of carboxylic acids is 1. The first-order valence-corrected chi connectivity index (χ1v) is 5.55. The van der Waals surface area contributed by atoms with E-state index in [9.17, 15) is 9.90 Å². The summed E-state index contributed by atoms with van der Waals surface area (Å²) in [6.45, 7) is 8.56. The summed E-state index contributed by atoms with van der Waals surface area (Å²) in [4.78, 5) is 11.3. The molecule has 0 aromatic rings. The van der Waals surface area contributed by atoms with Gasteiger partial charge in [-0.05, 0) is 37.0 Å². The number of aliphatic carboxylic acids is 1. The van der Waals surface area contributed by atoms with Crippen LogP contribution in [0.1, 0.15) is 53.4 Å². The highest BCUT2D eigenvalue weighted by Gasteiger charge is 2.46. The second kappa shape index (κ2) is 3.56.